The van der Waals surface area contributed by atoms with Crippen molar-refractivity contribution >= 4 is 5.91 Å². The van der Waals surface area contributed by atoms with E-state index in [-0.39, 0.29) is 11.8 Å². The van der Waals surface area contributed by atoms with Crippen LogP contribution in [0.2, 0.25) is 0 Å². The number of rotatable bonds is 3. The van der Waals surface area contributed by atoms with Crippen LogP contribution in [0, 0.1) is 5.92 Å². The number of aromatic nitrogens is 4. The molecule has 2 N–H and O–H groups in total. The van der Waals surface area contributed by atoms with E-state index in [1.54, 1.807) is 0 Å². The molecule has 7 heteroatoms. The van der Waals surface area contributed by atoms with Crippen LogP contribution in [0.25, 0.3) is 0 Å². The lowest BCUT2D eigenvalue weighted by Gasteiger charge is -2.06. The quantitative estimate of drug-likeness (QED) is 0.638. The van der Waals surface area contributed by atoms with Gasteiger partial charge in [-0.1, -0.05) is 5.21 Å². The molecular formula is C7H11N5O2. The van der Waals surface area contributed by atoms with Gasteiger partial charge in [-0.15, -0.1) is 10.2 Å². The number of amides is 1. The van der Waals surface area contributed by atoms with Crippen molar-refractivity contribution < 1.29 is 9.53 Å². The summed E-state index contributed by atoms with van der Waals surface area (Å²) in [6.07, 6.45) is 0.790. The highest BCUT2D eigenvalue weighted by Crippen LogP contribution is 2.11. The SMILES string of the molecule is O=C(NCc1nn[nH]n1)C1CCOC1. The molecule has 1 amide bonds. The summed E-state index contributed by atoms with van der Waals surface area (Å²) in [5.74, 6) is 0.450. The summed E-state index contributed by atoms with van der Waals surface area (Å²) in [4.78, 5) is 11.5. The van der Waals surface area contributed by atoms with Crippen LogP contribution in [-0.2, 0) is 16.1 Å². The van der Waals surface area contributed by atoms with Crippen LogP contribution in [0.5, 0.6) is 0 Å². The van der Waals surface area contributed by atoms with E-state index in [4.69, 9.17) is 4.74 Å². The molecule has 0 aliphatic carbocycles. The first-order valence-electron chi connectivity index (χ1n) is 4.44. The number of ether oxygens (including phenoxy) is 1. The second-order valence-electron chi connectivity index (χ2n) is 3.11. The molecule has 2 heterocycles. The summed E-state index contributed by atoms with van der Waals surface area (Å²) >= 11 is 0. The third-order valence-corrected chi connectivity index (χ3v) is 2.11. The van der Waals surface area contributed by atoms with Crippen molar-refractivity contribution in [1.29, 1.82) is 0 Å². The van der Waals surface area contributed by atoms with Crippen LogP contribution in [-0.4, -0.2) is 39.7 Å². The van der Waals surface area contributed by atoms with Gasteiger partial charge in [-0.2, -0.15) is 5.21 Å². The molecule has 7 nitrogen and oxygen atoms in total. The van der Waals surface area contributed by atoms with E-state index >= 15 is 0 Å². The van der Waals surface area contributed by atoms with Crippen LogP contribution < -0.4 is 5.32 Å². The van der Waals surface area contributed by atoms with Crippen LogP contribution in [0.4, 0.5) is 0 Å². The predicted molar refractivity (Wildman–Crippen MR) is 45.0 cm³/mol. The van der Waals surface area contributed by atoms with Crippen molar-refractivity contribution in [2.45, 2.75) is 13.0 Å². The number of carbonyl (C=O) groups excluding carboxylic acids is 1. The molecule has 1 aliphatic rings. The molecule has 0 saturated carbocycles. The van der Waals surface area contributed by atoms with Gasteiger partial charge in [0.05, 0.1) is 19.1 Å². The van der Waals surface area contributed by atoms with Crippen molar-refractivity contribution in [1.82, 2.24) is 25.9 Å². The first-order valence-corrected chi connectivity index (χ1v) is 4.44. The molecule has 1 saturated heterocycles. The van der Waals surface area contributed by atoms with Gasteiger partial charge >= 0.3 is 0 Å². The Bertz CT molecular complexity index is 293. The van der Waals surface area contributed by atoms with Crippen molar-refractivity contribution in [2.24, 2.45) is 5.92 Å². The maximum absolute atomic E-state index is 11.5. The van der Waals surface area contributed by atoms with Crippen molar-refractivity contribution in [3.63, 3.8) is 0 Å². The van der Waals surface area contributed by atoms with E-state index in [2.05, 4.69) is 25.9 Å². The molecule has 1 fully saturated rings. The van der Waals surface area contributed by atoms with Crippen LogP contribution in [0.1, 0.15) is 12.2 Å². The minimum Gasteiger partial charge on any atom is -0.381 e. The van der Waals surface area contributed by atoms with Gasteiger partial charge in [0.15, 0.2) is 5.82 Å². The molecule has 1 aromatic heterocycles. The lowest BCUT2D eigenvalue weighted by atomic mass is 10.1. The van der Waals surface area contributed by atoms with Crippen molar-refractivity contribution in [2.75, 3.05) is 13.2 Å². The van der Waals surface area contributed by atoms with Crippen LogP contribution in [0.3, 0.4) is 0 Å². The Morgan fingerprint density at radius 3 is 3.29 bits per heavy atom. The van der Waals surface area contributed by atoms with Crippen molar-refractivity contribution in [3.8, 4) is 0 Å². The fourth-order valence-electron chi connectivity index (χ4n) is 1.31. The van der Waals surface area contributed by atoms with E-state index in [1.807, 2.05) is 0 Å². The minimum atomic E-state index is -0.0260. The first-order chi connectivity index (χ1) is 6.86. The second-order valence-corrected chi connectivity index (χ2v) is 3.11. The zero-order valence-corrected chi connectivity index (χ0v) is 7.56. The van der Waals surface area contributed by atoms with E-state index in [9.17, 15) is 4.79 Å². The van der Waals surface area contributed by atoms with Gasteiger partial charge in [-0.25, -0.2) is 0 Å². The maximum Gasteiger partial charge on any atom is 0.225 e. The fraction of sp³-hybridized carbons (Fsp3) is 0.714. The van der Waals surface area contributed by atoms with Gasteiger partial charge < -0.3 is 10.1 Å². The largest absolute Gasteiger partial charge is 0.381 e. The average molecular weight is 197 g/mol. The minimum absolute atomic E-state index is 0.00713. The number of hydrogen-bond acceptors (Lipinski definition) is 5. The molecule has 0 spiro atoms. The molecule has 1 atom stereocenters. The number of H-pyrrole nitrogens is 1. The number of nitrogens with zero attached hydrogens (tertiary/aromatic N) is 3. The Kier molecular flexibility index (Phi) is 2.68. The lowest BCUT2D eigenvalue weighted by molar-refractivity contribution is -0.125. The highest BCUT2D eigenvalue weighted by molar-refractivity contribution is 5.78. The molecule has 14 heavy (non-hydrogen) atoms. The Morgan fingerprint density at radius 2 is 2.64 bits per heavy atom. The molecule has 0 aromatic carbocycles. The Hall–Kier alpha value is -1.50. The molecule has 1 aromatic rings. The monoisotopic (exact) mass is 197 g/mol. The summed E-state index contributed by atoms with van der Waals surface area (Å²) in [6, 6.07) is 0. The normalized spacial score (nSPS) is 21.0. The highest BCUT2D eigenvalue weighted by Gasteiger charge is 2.23. The molecule has 1 aliphatic heterocycles. The first kappa shape index (κ1) is 9.07. The lowest BCUT2D eigenvalue weighted by Crippen LogP contribution is -2.30. The number of hydrogen-bond donors (Lipinski definition) is 2. The summed E-state index contributed by atoms with van der Waals surface area (Å²) in [7, 11) is 0. The Morgan fingerprint density at radius 1 is 1.71 bits per heavy atom. The Labute approximate surface area is 80.2 Å². The van der Waals surface area contributed by atoms with Gasteiger partial charge in [-0.3, -0.25) is 4.79 Å². The molecular weight excluding hydrogens is 186 g/mol. The molecule has 76 valence electrons. The zero-order valence-electron chi connectivity index (χ0n) is 7.56. The van der Waals surface area contributed by atoms with Crippen LogP contribution >= 0.6 is 0 Å². The third kappa shape index (κ3) is 2.05. The third-order valence-electron chi connectivity index (χ3n) is 2.11. The molecule has 2 rings (SSSR count). The fourth-order valence-corrected chi connectivity index (χ4v) is 1.31. The van der Waals surface area contributed by atoms with Gasteiger partial charge in [-0.05, 0) is 6.42 Å². The number of carbonyl (C=O) groups is 1. The summed E-state index contributed by atoms with van der Waals surface area (Å²) < 4.78 is 5.10. The summed E-state index contributed by atoms with van der Waals surface area (Å²) in [6.45, 7) is 1.49. The molecule has 0 bridgehead atoms. The smallest absolute Gasteiger partial charge is 0.225 e. The van der Waals surface area contributed by atoms with Gasteiger partial charge in [0.1, 0.15) is 0 Å². The van der Waals surface area contributed by atoms with Crippen LogP contribution in [0.15, 0.2) is 0 Å². The van der Waals surface area contributed by atoms with E-state index in [0.29, 0.717) is 25.6 Å². The topological polar surface area (TPSA) is 92.8 Å². The Balaban J connectivity index is 1.77. The predicted octanol–water partition coefficient (Wildman–Crippen LogP) is -1.15. The highest BCUT2D eigenvalue weighted by atomic mass is 16.5. The summed E-state index contributed by atoms with van der Waals surface area (Å²) in [5.41, 5.74) is 0. The number of aromatic amines is 1. The number of tetrazole rings is 1. The van der Waals surface area contributed by atoms with Gasteiger partial charge in [0.25, 0.3) is 0 Å². The standard InChI is InChI=1S/C7H11N5O2/c13-7(5-1-2-14-4-5)8-3-6-9-11-12-10-6/h5H,1-4H2,(H,8,13)(H,9,10,11,12). The second kappa shape index (κ2) is 4.14. The van der Waals surface area contributed by atoms with E-state index < -0.39 is 0 Å². The molecule has 1 unspecified atom stereocenters. The van der Waals surface area contributed by atoms with Crippen molar-refractivity contribution in [3.05, 3.63) is 5.82 Å². The van der Waals surface area contributed by atoms with Gasteiger partial charge in [0.2, 0.25) is 5.91 Å². The van der Waals surface area contributed by atoms with E-state index in [1.165, 1.54) is 0 Å². The average Bonchev–Trinajstić information content (AvgIpc) is 2.87. The number of nitrogens with one attached hydrogen (secondary N) is 2. The molecule has 0 radical (unpaired) electrons. The zero-order chi connectivity index (χ0) is 9.80. The van der Waals surface area contributed by atoms with Gasteiger partial charge in [0, 0.05) is 6.61 Å². The summed E-state index contributed by atoms with van der Waals surface area (Å²) in [5, 5.41) is 15.9. The van der Waals surface area contributed by atoms with E-state index in [0.717, 1.165) is 6.42 Å². The maximum atomic E-state index is 11.5.